The van der Waals surface area contributed by atoms with Crippen molar-refractivity contribution < 1.29 is 19.4 Å². The van der Waals surface area contributed by atoms with Crippen LogP contribution in [0, 0.1) is 0 Å². The van der Waals surface area contributed by atoms with E-state index in [0.717, 1.165) is 16.5 Å². The molecular weight excluding hydrogens is 490 g/mol. The number of aryl methyl sites for hydroxylation is 1. The summed E-state index contributed by atoms with van der Waals surface area (Å²) in [5.41, 5.74) is 2.78. The van der Waals surface area contributed by atoms with Crippen LogP contribution in [0.5, 0.6) is 0 Å². The highest BCUT2D eigenvalue weighted by Gasteiger charge is 2.29. The Bertz CT molecular complexity index is 1340. The number of hydrogen-bond acceptors (Lipinski definition) is 5. The molecule has 0 bridgehead atoms. The van der Waals surface area contributed by atoms with Gasteiger partial charge in [-0.3, -0.25) is 10.1 Å². The Hall–Kier alpha value is -3.65. The van der Waals surface area contributed by atoms with E-state index in [2.05, 4.69) is 10.6 Å². The fourth-order valence-electron chi connectivity index (χ4n) is 4.21. The summed E-state index contributed by atoms with van der Waals surface area (Å²) in [4.78, 5) is 26.0. The lowest BCUT2D eigenvalue weighted by Crippen LogP contribution is -2.47. The maximum atomic E-state index is 13.1. The van der Waals surface area contributed by atoms with E-state index in [4.69, 9.17) is 16.3 Å². The molecule has 0 radical (unpaired) electrons. The van der Waals surface area contributed by atoms with E-state index in [9.17, 15) is 14.7 Å². The van der Waals surface area contributed by atoms with Gasteiger partial charge in [-0.1, -0.05) is 78.3 Å². The van der Waals surface area contributed by atoms with E-state index in [1.165, 1.54) is 0 Å². The molecule has 0 aliphatic rings. The number of esters is 1. The average Bonchev–Trinajstić information content (AvgIpc) is 3.29. The number of nitrogens with one attached hydrogen (secondary N) is 2. The molecule has 7 nitrogen and oxygen atoms in total. The fraction of sp³-hybridized carbons (Fsp3) is 0.241. The SMILES string of the molecule is CCOC(=O)c1cc2ccc(Cl)cc2n1C(NC(=O)CCc1ccccc1)C(O)NCc1ccccc1. The van der Waals surface area contributed by atoms with Crippen LogP contribution in [0.3, 0.4) is 0 Å². The maximum Gasteiger partial charge on any atom is 0.355 e. The summed E-state index contributed by atoms with van der Waals surface area (Å²) in [6.45, 7) is 2.26. The van der Waals surface area contributed by atoms with Crippen molar-refractivity contribution in [2.75, 3.05) is 6.61 Å². The molecule has 192 valence electrons. The van der Waals surface area contributed by atoms with Crippen molar-refractivity contribution in [3.8, 4) is 0 Å². The lowest BCUT2D eigenvalue weighted by atomic mass is 10.1. The zero-order valence-electron chi connectivity index (χ0n) is 20.6. The van der Waals surface area contributed by atoms with Crippen molar-refractivity contribution in [2.45, 2.75) is 38.7 Å². The standard InChI is InChI=1S/C29H30ClN3O4/c1-2-37-29(36)25-17-22-14-15-23(30)18-24(22)33(25)27(28(35)31-19-21-11-7-4-8-12-21)32-26(34)16-13-20-9-5-3-6-10-20/h3-12,14-15,17-18,27-28,31,35H,2,13,16,19H2,1H3,(H,32,34). The van der Waals surface area contributed by atoms with Gasteiger partial charge in [-0.2, -0.15) is 0 Å². The number of rotatable bonds is 11. The predicted octanol–water partition coefficient (Wildman–Crippen LogP) is 4.83. The van der Waals surface area contributed by atoms with Crippen molar-refractivity contribution in [3.63, 3.8) is 0 Å². The summed E-state index contributed by atoms with van der Waals surface area (Å²) in [6, 6.07) is 26.2. The highest BCUT2D eigenvalue weighted by Crippen LogP contribution is 2.28. The summed E-state index contributed by atoms with van der Waals surface area (Å²) in [7, 11) is 0. The van der Waals surface area contributed by atoms with Crippen LogP contribution in [0.25, 0.3) is 10.9 Å². The van der Waals surface area contributed by atoms with Gasteiger partial charge in [0.2, 0.25) is 5.91 Å². The predicted molar refractivity (Wildman–Crippen MR) is 144 cm³/mol. The molecule has 1 amide bonds. The molecule has 37 heavy (non-hydrogen) atoms. The van der Waals surface area contributed by atoms with Gasteiger partial charge in [-0.05, 0) is 42.7 Å². The molecule has 0 saturated heterocycles. The molecule has 4 aromatic rings. The molecule has 0 fully saturated rings. The van der Waals surface area contributed by atoms with Gasteiger partial charge >= 0.3 is 5.97 Å². The first-order chi connectivity index (χ1) is 18.0. The van der Waals surface area contributed by atoms with Crippen molar-refractivity contribution in [2.24, 2.45) is 0 Å². The Kier molecular flexibility index (Phi) is 8.95. The molecule has 3 N–H and O–H groups in total. The van der Waals surface area contributed by atoms with Gasteiger partial charge in [0, 0.05) is 23.4 Å². The molecule has 8 heteroatoms. The second-order valence-electron chi connectivity index (χ2n) is 8.63. The summed E-state index contributed by atoms with van der Waals surface area (Å²) in [5, 5.41) is 18.5. The quantitative estimate of drug-likeness (QED) is 0.195. The van der Waals surface area contributed by atoms with Gasteiger partial charge in [0.25, 0.3) is 0 Å². The van der Waals surface area contributed by atoms with Gasteiger partial charge in [-0.25, -0.2) is 4.79 Å². The number of fused-ring (bicyclic) bond motifs is 1. The third-order valence-corrected chi connectivity index (χ3v) is 6.25. The van der Waals surface area contributed by atoms with Crippen LogP contribution in [0.15, 0.2) is 84.9 Å². The molecule has 2 unspecified atom stereocenters. The highest BCUT2D eigenvalue weighted by molar-refractivity contribution is 6.31. The van der Waals surface area contributed by atoms with Crippen LogP contribution < -0.4 is 10.6 Å². The second kappa shape index (κ2) is 12.5. The van der Waals surface area contributed by atoms with Crippen LogP contribution in [-0.2, 0) is 22.5 Å². The number of aliphatic hydroxyl groups is 1. The first-order valence-corrected chi connectivity index (χ1v) is 12.6. The summed E-state index contributed by atoms with van der Waals surface area (Å²) in [6.07, 6.45) is -1.50. The molecule has 0 saturated carbocycles. The van der Waals surface area contributed by atoms with Gasteiger partial charge < -0.3 is 19.7 Å². The molecule has 3 aromatic carbocycles. The van der Waals surface area contributed by atoms with Crippen molar-refractivity contribution in [3.05, 3.63) is 107 Å². The fourth-order valence-corrected chi connectivity index (χ4v) is 4.38. The van der Waals surface area contributed by atoms with Crippen LogP contribution >= 0.6 is 11.6 Å². The monoisotopic (exact) mass is 519 g/mol. The van der Waals surface area contributed by atoms with Gasteiger partial charge in [0.15, 0.2) is 0 Å². The van der Waals surface area contributed by atoms with Crippen LogP contribution in [-0.4, -0.2) is 34.4 Å². The number of amides is 1. The summed E-state index contributed by atoms with van der Waals surface area (Å²) >= 11 is 6.29. The molecule has 2 atom stereocenters. The lowest BCUT2D eigenvalue weighted by Gasteiger charge is -2.29. The second-order valence-corrected chi connectivity index (χ2v) is 9.07. The van der Waals surface area contributed by atoms with E-state index >= 15 is 0 Å². The highest BCUT2D eigenvalue weighted by atomic mass is 35.5. The van der Waals surface area contributed by atoms with Crippen molar-refractivity contribution in [1.82, 2.24) is 15.2 Å². The minimum atomic E-state index is -1.23. The Morgan fingerprint density at radius 2 is 1.65 bits per heavy atom. The molecule has 0 aliphatic heterocycles. The first kappa shape index (κ1) is 26.4. The number of aliphatic hydroxyl groups excluding tert-OH is 1. The van der Waals surface area contributed by atoms with Gasteiger partial charge in [0.1, 0.15) is 18.1 Å². The third kappa shape index (κ3) is 6.77. The first-order valence-electron chi connectivity index (χ1n) is 12.2. The molecular formula is C29H30ClN3O4. The number of carbonyl (C=O) groups excluding carboxylic acids is 2. The van der Waals surface area contributed by atoms with E-state index < -0.39 is 18.4 Å². The normalized spacial score (nSPS) is 12.7. The zero-order valence-corrected chi connectivity index (χ0v) is 21.3. The molecule has 1 aromatic heterocycles. The minimum absolute atomic E-state index is 0.185. The smallest absolute Gasteiger partial charge is 0.355 e. The average molecular weight is 520 g/mol. The minimum Gasteiger partial charge on any atom is -0.461 e. The Morgan fingerprint density at radius 3 is 2.32 bits per heavy atom. The van der Waals surface area contributed by atoms with Gasteiger partial charge in [-0.15, -0.1) is 0 Å². The molecule has 4 rings (SSSR count). The number of halogens is 1. The Labute approximate surface area is 221 Å². The van der Waals surface area contributed by atoms with E-state index in [1.54, 1.807) is 35.8 Å². The Balaban J connectivity index is 1.67. The number of nitrogens with zero attached hydrogens (tertiary/aromatic N) is 1. The number of ether oxygens (including phenoxy) is 1. The molecule has 0 spiro atoms. The molecule has 0 aliphatic carbocycles. The van der Waals surface area contributed by atoms with Crippen LogP contribution in [0.2, 0.25) is 5.02 Å². The third-order valence-electron chi connectivity index (χ3n) is 6.02. The van der Waals surface area contributed by atoms with E-state index in [0.29, 0.717) is 23.5 Å². The number of benzene rings is 3. The number of carbonyl (C=O) groups is 2. The topological polar surface area (TPSA) is 92.6 Å². The zero-order chi connectivity index (χ0) is 26.2. The molecule has 1 heterocycles. The van der Waals surface area contributed by atoms with Crippen LogP contribution in [0.4, 0.5) is 0 Å². The van der Waals surface area contributed by atoms with Crippen LogP contribution in [0.1, 0.15) is 41.1 Å². The lowest BCUT2D eigenvalue weighted by molar-refractivity contribution is -0.123. The summed E-state index contributed by atoms with van der Waals surface area (Å²) in [5.74, 6) is -0.832. The number of hydrogen-bond donors (Lipinski definition) is 3. The Morgan fingerprint density at radius 1 is 0.973 bits per heavy atom. The maximum absolute atomic E-state index is 13.1. The van der Waals surface area contributed by atoms with E-state index in [1.807, 2.05) is 60.7 Å². The largest absolute Gasteiger partial charge is 0.461 e. The summed E-state index contributed by atoms with van der Waals surface area (Å²) < 4.78 is 6.88. The van der Waals surface area contributed by atoms with Gasteiger partial charge in [0.05, 0.1) is 12.1 Å². The van der Waals surface area contributed by atoms with Crippen molar-refractivity contribution in [1.29, 1.82) is 0 Å². The van der Waals surface area contributed by atoms with Crippen molar-refractivity contribution >= 4 is 34.4 Å². The van der Waals surface area contributed by atoms with E-state index in [-0.39, 0.29) is 24.6 Å². The number of aromatic nitrogens is 1.